The Morgan fingerprint density at radius 3 is 2.12 bits per heavy atom. The van der Waals surface area contributed by atoms with E-state index in [1.165, 1.54) is 10.6 Å². The Kier molecular flexibility index (Phi) is 5.62. The zero-order valence-electron chi connectivity index (χ0n) is 14.0. The van der Waals surface area contributed by atoms with Crippen LogP contribution in [0.5, 0.6) is 0 Å². The minimum atomic E-state index is -3.42. The van der Waals surface area contributed by atoms with E-state index in [4.69, 9.17) is 4.74 Å². The number of hydrogen-bond acceptors (Lipinski definition) is 4. The van der Waals surface area contributed by atoms with Crippen LogP contribution >= 0.6 is 0 Å². The first-order valence-corrected chi connectivity index (χ1v) is 9.46. The number of carbonyl (C=O) groups is 1. The van der Waals surface area contributed by atoms with Gasteiger partial charge in [0, 0.05) is 0 Å². The summed E-state index contributed by atoms with van der Waals surface area (Å²) < 4.78 is 30.5. The molecule has 0 aromatic heterocycles. The summed E-state index contributed by atoms with van der Waals surface area (Å²) in [6, 6.07) is 14.1. The van der Waals surface area contributed by atoms with Crippen molar-refractivity contribution in [3.05, 3.63) is 65.2 Å². The van der Waals surface area contributed by atoms with Crippen molar-refractivity contribution in [3.8, 4) is 0 Å². The molecule has 2 aromatic rings. The van der Waals surface area contributed by atoms with Gasteiger partial charge in [-0.25, -0.2) is 13.2 Å². The quantitative estimate of drug-likeness (QED) is 0.753. The van der Waals surface area contributed by atoms with E-state index in [9.17, 15) is 13.2 Å². The largest absolute Gasteiger partial charge is 0.462 e. The van der Waals surface area contributed by atoms with E-state index in [-0.39, 0.29) is 12.5 Å². The molecule has 0 aliphatic heterocycles. The summed E-state index contributed by atoms with van der Waals surface area (Å²) in [5.41, 5.74) is 2.90. The Morgan fingerprint density at radius 1 is 1.04 bits per heavy atom. The van der Waals surface area contributed by atoms with Crippen LogP contribution in [0.15, 0.2) is 48.5 Å². The second kappa shape index (κ2) is 7.49. The first kappa shape index (κ1) is 18.0. The average molecular weight is 347 g/mol. The van der Waals surface area contributed by atoms with Crippen molar-refractivity contribution in [2.45, 2.75) is 20.4 Å². The Hall–Kier alpha value is -2.34. The van der Waals surface area contributed by atoms with Crippen LogP contribution in [-0.2, 0) is 21.3 Å². The molecule has 6 heteroatoms. The lowest BCUT2D eigenvalue weighted by Gasteiger charge is -2.22. The van der Waals surface area contributed by atoms with Gasteiger partial charge in [-0.1, -0.05) is 29.8 Å². The van der Waals surface area contributed by atoms with Gasteiger partial charge in [0.05, 0.1) is 30.7 Å². The van der Waals surface area contributed by atoms with Gasteiger partial charge in [0.15, 0.2) is 0 Å². The fourth-order valence-electron chi connectivity index (χ4n) is 2.24. The maximum atomic E-state index is 12.1. The van der Waals surface area contributed by atoms with Crippen LogP contribution in [0.3, 0.4) is 0 Å². The van der Waals surface area contributed by atoms with E-state index in [1.54, 1.807) is 43.3 Å². The number of benzene rings is 2. The van der Waals surface area contributed by atoms with E-state index in [0.717, 1.165) is 11.1 Å². The molecule has 0 aliphatic rings. The number of sulfonamides is 1. The number of rotatable bonds is 6. The van der Waals surface area contributed by atoms with Gasteiger partial charge in [-0.15, -0.1) is 0 Å². The van der Waals surface area contributed by atoms with Crippen LogP contribution in [0.25, 0.3) is 0 Å². The highest BCUT2D eigenvalue weighted by atomic mass is 32.2. The second-order valence-corrected chi connectivity index (χ2v) is 7.43. The minimum absolute atomic E-state index is 0.199. The maximum absolute atomic E-state index is 12.1. The molecule has 0 radical (unpaired) electrons. The van der Waals surface area contributed by atoms with E-state index in [0.29, 0.717) is 17.9 Å². The molecule has 0 saturated carbocycles. The van der Waals surface area contributed by atoms with Crippen molar-refractivity contribution in [3.63, 3.8) is 0 Å². The van der Waals surface area contributed by atoms with Gasteiger partial charge in [0.25, 0.3) is 0 Å². The van der Waals surface area contributed by atoms with Crippen molar-refractivity contribution in [1.82, 2.24) is 0 Å². The standard InChI is InChI=1S/C18H21NO4S/c1-4-23-18(20)16-9-7-15(8-10-16)13-19(24(3,21)22)17-11-5-14(2)6-12-17/h5-12H,4,13H2,1-3H3. The van der Waals surface area contributed by atoms with Crippen LogP contribution in [0.1, 0.15) is 28.4 Å². The summed E-state index contributed by atoms with van der Waals surface area (Å²) in [6.07, 6.45) is 1.18. The SMILES string of the molecule is CCOC(=O)c1ccc(CN(c2ccc(C)cc2)S(C)(=O)=O)cc1. The van der Waals surface area contributed by atoms with Crippen LogP contribution in [0.4, 0.5) is 5.69 Å². The van der Waals surface area contributed by atoms with Crippen LogP contribution in [0.2, 0.25) is 0 Å². The van der Waals surface area contributed by atoms with Crippen molar-refractivity contribution in [2.24, 2.45) is 0 Å². The average Bonchev–Trinajstić information content (AvgIpc) is 2.53. The van der Waals surface area contributed by atoms with Gasteiger partial charge >= 0.3 is 5.97 Å². The van der Waals surface area contributed by atoms with Crippen molar-refractivity contribution < 1.29 is 17.9 Å². The molecule has 2 aromatic carbocycles. The fraction of sp³-hybridized carbons (Fsp3) is 0.278. The second-order valence-electron chi connectivity index (χ2n) is 5.52. The van der Waals surface area contributed by atoms with Gasteiger partial charge in [-0.05, 0) is 43.7 Å². The Labute approximate surface area is 142 Å². The predicted molar refractivity (Wildman–Crippen MR) is 94.6 cm³/mol. The summed E-state index contributed by atoms with van der Waals surface area (Å²) in [7, 11) is -3.42. The maximum Gasteiger partial charge on any atom is 0.338 e. The smallest absolute Gasteiger partial charge is 0.338 e. The Balaban J connectivity index is 2.24. The summed E-state index contributed by atoms with van der Waals surface area (Å²) in [5.74, 6) is -0.387. The molecule has 0 bridgehead atoms. The highest BCUT2D eigenvalue weighted by Crippen LogP contribution is 2.21. The van der Waals surface area contributed by atoms with E-state index < -0.39 is 10.0 Å². The molecular formula is C18H21NO4S. The van der Waals surface area contributed by atoms with Gasteiger partial charge in [-0.2, -0.15) is 0 Å². The molecule has 0 amide bonds. The lowest BCUT2D eigenvalue weighted by atomic mass is 10.1. The third kappa shape index (κ3) is 4.58. The number of ether oxygens (including phenoxy) is 1. The van der Waals surface area contributed by atoms with Gasteiger partial charge < -0.3 is 4.74 Å². The topological polar surface area (TPSA) is 63.7 Å². The number of carbonyl (C=O) groups excluding carboxylic acids is 1. The number of aryl methyl sites for hydroxylation is 1. The first-order chi connectivity index (χ1) is 11.3. The predicted octanol–water partition coefficient (Wildman–Crippen LogP) is 3.14. The third-order valence-corrected chi connectivity index (χ3v) is 4.65. The fourth-order valence-corrected chi connectivity index (χ4v) is 3.13. The zero-order valence-corrected chi connectivity index (χ0v) is 14.8. The first-order valence-electron chi connectivity index (χ1n) is 7.61. The van der Waals surface area contributed by atoms with Gasteiger partial charge in [0.1, 0.15) is 0 Å². The molecule has 128 valence electrons. The molecule has 0 unspecified atom stereocenters. The van der Waals surface area contributed by atoms with Crippen LogP contribution in [-0.4, -0.2) is 27.2 Å². The number of esters is 1. The van der Waals surface area contributed by atoms with E-state index in [2.05, 4.69) is 0 Å². The number of hydrogen-bond donors (Lipinski definition) is 0. The molecule has 0 N–H and O–H groups in total. The van der Waals surface area contributed by atoms with Crippen molar-refractivity contribution in [1.29, 1.82) is 0 Å². The molecule has 0 fully saturated rings. The summed E-state index contributed by atoms with van der Waals surface area (Å²) in [6.45, 7) is 4.21. The van der Waals surface area contributed by atoms with Crippen LogP contribution in [0, 0.1) is 6.92 Å². The molecule has 2 rings (SSSR count). The van der Waals surface area contributed by atoms with Crippen LogP contribution < -0.4 is 4.31 Å². The summed E-state index contributed by atoms with van der Waals surface area (Å²) in [4.78, 5) is 11.7. The number of anilines is 1. The van der Waals surface area contributed by atoms with Gasteiger partial charge in [0.2, 0.25) is 10.0 Å². The van der Waals surface area contributed by atoms with Crippen molar-refractivity contribution >= 4 is 21.7 Å². The summed E-state index contributed by atoms with van der Waals surface area (Å²) in [5, 5.41) is 0. The van der Waals surface area contributed by atoms with Gasteiger partial charge in [-0.3, -0.25) is 4.31 Å². The zero-order chi connectivity index (χ0) is 17.7. The highest BCUT2D eigenvalue weighted by Gasteiger charge is 2.18. The van der Waals surface area contributed by atoms with Crippen molar-refractivity contribution in [2.75, 3.05) is 17.2 Å². The lowest BCUT2D eigenvalue weighted by Crippen LogP contribution is -2.29. The highest BCUT2D eigenvalue weighted by molar-refractivity contribution is 7.92. The monoisotopic (exact) mass is 347 g/mol. The normalized spacial score (nSPS) is 11.1. The molecule has 5 nitrogen and oxygen atoms in total. The minimum Gasteiger partial charge on any atom is -0.462 e. The Morgan fingerprint density at radius 2 is 1.62 bits per heavy atom. The summed E-state index contributed by atoms with van der Waals surface area (Å²) >= 11 is 0. The molecular weight excluding hydrogens is 326 g/mol. The van der Waals surface area contributed by atoms with E-state index in [1.807, 2.05) is 19.1 Å². The molecule has 0 atom stereocenters. The molecule has 0 saturated heterocycles. The number of nitrogens with zero attached hydrogens (tertiary/aromatic N) is 1. The Bertz CT molecular complexity index is 796. The lowest BCUT2D eigenvalue weighted by molar-refractivity contribution is 0.0526. The third-order valence-electron chi connectivity index (χ3n) is 3.51. The molecule has 0 aliphatic carbocycles. The molecule has 0 heterocycles. The molecule has 24 heavy (non-hydrogen) atoms. The van der Waals surface area contributed by atoms with E-state index >= 15 is 0 Å². The molecule has 0 spiro atoms.